The van der Waals surface area contributed by atoms with Gasteiger partial charge in [-0.1, -0.05) is 0 Å². The number of fused-ring (bicyclic) bond motifs is 1. The van der Waals surface area contributed by atoms with Gasteiger partial charge < -0.3 is 10.3 Å². The van der Waals surface area contributed by atoms with Crippen LogP contribution in [0.15, 0.2) is 16.9 Å². The maximum atomic E-state index is 12.9. The van der Waals surface area contributed by atoms with Crippen molar-refractivity contribution in [2.45, 2.75) is 65.5 Å². The van der Waals surface area contributed by atoms with Gasteiger partial charge in [-0.05, 0) is 65.5 Å². The molecule has 0 saturated heterocycles. The molecule has 0 aromatic carbocycles. The zero-order valence-electron chi connectivity index (χ0n) is 15.6. The van der Waals surface area contributed by atoms with Crippen molar-refractivity contribution in [3.63, 3.8) is 0 Å². The van der Waals surface area contributed by atoms with Gasteiger partial charge in [0.2, 0.25) is 5.56 Å². The van der Waals surface area contributed by atoms with Crippen LogP contribution < -0.4 is 10.9 Å². The Morgan fingerprint density at radius 1 is 1.32 bits per heavy atom. The first-order valence-electron chi connectivity index (χ1n) is 8.78. The number of aryl methyl sites for hydroxylation is 2. The fourth-order valence-electron chi connectivity index (χ4n) is 3.71. The number of H-pyrrole nitrogens is 1. The molecule has 1 aliphatic carbocycles. The van der Waals surface area contributed by atoms with Gasteiger partial charge >= 0.3 is 0 Å². The van der Waals surface area contributed by atoms with E-state index in [0.717, 1.165) is 41.9 Å². The predicted octanol–water partition coefficient (Wildman–Crippen LogP) is 2.75. The number of amides is 1. The van der Waals surface area contributed by atoms with E-state index in [-0.39, 0.29) is 23.0 Å². The van der Waals surface area contributed by atoms with E-state index in [4.69, 9.17) is 0 Å². The van der Waals surface area contributed by atoms with Crippen LogP contribution in [0.4, 0.5) is 0 Å². The van der Waals surface area contributed by atoms with Crippen LogP contribution in [0, 0.1) is 13.8 Å². The van der Waals surface area contributed by atoms with E-state index in [9.17, 15) is 9.59 Å². The minimum Gasteiger partial charge on any atom is -0.345 e. The Labute approximate surface area is 147 Å². The van der Waals surface area contributed by atoms with Crippen molar-refractivity contribution in [1.29, 1.82) is 0 Å². The Morgan fingerprint density at radius 2 is 2.04 bits per heavy atom. The van der Waals surface area contributed by atoms with Gasteiger partial charge in [0.25, 0.3) is 5.91 Å². The Bertz CT molecular complexity index is 871. The number of aromatic amines is 1. The quantitative estimate of drug-likeness (QED) is 0.881. The van der Waals surface area contributed by atoms with Crippen molar-refractivity contribution in [3.8, 4) is 0 Å². The van der Waals surface area contributed by atoms with Crippen LogP contribution in [0.5, 0.6) is 0 Å². The number of hydrogen-bond donors (Lipinski definition) is 2. The summed E-state index contributed by atoms with van der Waals surface area (Å²) in [6, 6.07) is 3.28. The molecule has 134 valence electrons. The topological polar surface area (TPSA) is 79.8 Å². The highest BCUT2D eigenvalue weighted by Gasteiger charge is 2.28. The number of nitrogens with one attached hydrogen (secondary N) is 2. The molecular formula is C19H26N4O2. The number of carbonyl (C=O) groups excluding carboxylic acids is 1. The van der Waals surface area contributed by atoms with Gasteiger partial charge in [-0.15, -0.1) is 0 Å². The summed E-state index contributed by atoms with van der Waals surface area (Å²) in [5, 5.41) is 7.70. The fraction of sp³-hybridized carbons (Fsp3) is 0.526. The van der Waals surface area contributed by atoms with Crippen LogP contribution in [0.3, 0.4) is 0 Å². The molecule has 0 fully saturated rings. The van der Waals surface area contributed by atoms with Crippen LogP contribution in [0.1, 0.15) is 72.7 Å². The third-order valence-corrected chi connectivity index (χ3v) is 4.79. The SMILES string of the molecule is Cc1nn(C(C)(C)C)c(C)c1C(=O)N[C@H]1CCCc2[nH]c(=O)ccc21. The predicted molar refractivity (Wildman–Crippen MR) is 96.9 cm³/mol. The van der Waals surface area contributed by atoms with Gasteiger partial charge in [-0.2, -0.15) is 5.10 Å². The number of carbonyl (C=O) groups is 1. The second kappa shape index (κ2) is 6.17. The van der Waals surface area contributed by atoms with Gasteiger partial charge in [-0.25, -0.2) is 0 Å². The molecule has 6 nitrogen and oxygen atoms in total. The summed E-state index contributed by atoms with van der Waals surface area (Å²) in [6.07, 6.45) is 2.66. The van der Waals surface area contributed by atoms with Crippen LogP contribution in [0.25, 0.3) is 0 Å². The smallest absolute Gasteiger partial charge is 0.255 e. The Kier molecular flexibility index (Phi) is 4.31. The number of aromatic nitrogens is 3. The van der Waals surface area contributed by atoms with E-state index >= 15 is 0 Å². The van der Waals surface area contributed by atoms with Gasteiger partial charge in [0.1, 0.15) is 0 Å². The Hall–Kier alpha value is -2.37. The molecule has 0 bridgehead atoms. The standard InChI is InChI=1S/C19H26N4O2/c1-11-17(12(2)23(22-11)19(3,4)5)18(25)21-15-8-6-7-14-13(15)9-10-16(24)20-14/h9-10,15H,6-8H2,1-5H3,(H,20,24)(H,21,25)/t15-/m0/s1. The third-order valence-electron chi connectivity index (χ3n) is 4.79. The molecule has 1 amide bonds. The van der Waals surface area contributed by atoms with Crippen molar-refractivity contribution in [2.75, 3.05) is 0 Å². The lowest BCUT2D eigenvalue weighted by atomic mass is 9.91. The van der Waals surface area contributed by atoms with Crippen LogP contribution >= 0.6 is 0 Å². The largest absolute Gasteiger partial charge is 0.345 e. The summed E-state index contributed by atoms with van der Waals surface area (Å²) >= 11 is 0. The van der Waals surface area contributed by atoms with Crippen molar-refractivity contribution in [1.82, 2.24) is 20.1 Å². The zero-order chi connectivity index (χ0) is 18.4. The van der Waals surface area contributed by atoms with E-state index < -0.39 is 0 Å². The van der Waals surface area contributed by atoms with Crippen LogP contribution in [-0.2, 0) is 12.0 Å². The van der Waals surface area contributed by atoms with E-state index in [1.54, 1.807) is 0 Å². The summed E-state index contributed by atoms with van der Waals surface area (Å²) in [4.78, 5) is 27.4. The molecule has 0 saturated carbocycles. The molecule has 2 aromatic rings. The molecule has 1 aliphatic rings. The summed E-state index contributed by atoms with van der Waals surface area (Å²) in [5.74, 6) is -0.102. The van der Waals surface area contributed by atoms with Crippen molar-refractivity contribution in [2.24, 2.45) is 0 Å². The molecule has 0 aliphatic heterocycles. The number of hydrogen-bond acceptors (Lipinski definition) is 3. The molecule has 2 aromatic heterocycles. The first-order chi connectivity index (χ1) is 11.7. The first-order valence-corrected chi connectivity index (χ1v) is 8.78. The van der Waals surface area contributed by atoms with E-state index in [1.807, 2.05) is 24.6 Å². The molecule has 1 atom stereocenters. The highest BCUT2D eigenvalue weighted by atomic mass is 16.1. The zero-order valence-corrected chi connectivity index (χ0v) is 15.6. The molecular weight excluding hydrogens is 316 g/mol. The maximum Gasteiger partial charge on any atom is 0.255 e. The lowest BCUT2D eigenvalue weighted by Crippen LogP contribution is -2.33. The fourth-order valence-corrected chi connectivity index (χ4v) is 3.71. The summed E-state index contributed by atoms with van der Waals surface area (Å²) in [5.41, 5.74) is 3.93. The Balaban J connectivity index is 1.90. The molecule has 25 heavy (non-hydrogen) atoms. The Morgan fingerprint density at radius 3 is 2.68 bits per heavy atom. The van der Waals surface area contributed by atoms with Gasteiger partial charge in [0.05, 0.1) is 22.8 Å². The molecule has 2 heterocycles. The number of nitrogens with zero attached hydrogens (tertiary/aromatic N) is 2. The molecule has 0 spiro atoms. The van der Waals surface area contributed by atoms with Gasteiger partial charge in [-0.3, -0.25) is 14.3 Å². The van der Waals surface area contributed by atoms with Crippen molar-refractivity contribution in [3.05, 3.63) is 50.7 Å². The molecule has 0 unspecified atom stereocenters. The minimum absolute atomic E-state index is 0.0788. The monoisotopic (exact) mass is 342 g/mol. The number of pyridine rings is 1. The number of rotatable bonds is 2. The molecule has 6 heteroatoms. The van der Waals surface area contributed by atoms with Gasteiger partial charge in [0.15, 0.2) is 0 Å². The van der Waals surface area contributed by atoms with E-state index in [1.165, 1.54) is 6.07 Å². The highest BCUT2D eigenvalue weighted by molar-refractivity contribution is 5.96. The molecule has 0 radical (unpaired) electrons. The highest BCUT2D eigenvalue weighted by Crippen LogP contribution is 2.28. The molecule has 2 N–H and O–H groups in total. The third kappa shape index (κ3) is 3.25. The minimum atomic E-state index is -0.176. The van der Waals surface area contributed by atoms with Crippen LogP contribution in [0.2, 0.25) is 0 Å². The van der Waals surface area contributed by atoms with Crippen molar-refractivity contribution < 1.29 is 4.79 Å². The summed E-state index contributed by atoms with van der Waals surface area (Å²) in [6.45, 7) is 10.0. The van der Waals surface area contributed by atoms with E-state index in [0.29, 0.717) is 5.56 Å². The summed E-state index contributed by atoms with van der Waals surface area (Å²) < 4.78 is 1.91. The second-order valence-corrected chi connectivity index (χ2v) is 7.80. The normalized spacial score (nSPS) is 17.2. The summed E-state index contributed by atoms with van der Waals surface area (Å²) in [7, 11) is 0. The van der Waals surface area contributed by atoms with Gasteiger partial charge in [0, 0.05) is 17.5 Å². The average molecular weight is 342 g/mol. The van der Waals surface area contributed by atoms with Crippen molar-refractivity contribution >= 4 is 5.91 Å². The molecule has 3 rings (SSSR count). The second-order valence-electron chi connectivity index (χ2n) is 7.80. The van der Waals surface area contributed by atoms with Crippen LogP contribution in [-0.4, -0.2) is 20.7 Å². The first kappa shape index (κ1) is 17.5. The lowest BCUT2D eigenvalue weighted by Gasteiger charge is -2.26. The van der Waals surface area contributed by atoms with E-state index in [2.05, 4.69) is 36.2 Å². The average Bonchev–Trinajstić information content (AvgIpc) is 2.82. The maximum absolute atomic E-state index is 12.9. The lowest BCUT2D eigenvalue weighted by molar-refractivity contribution is 0.0931.